The standard InChI is InChI=1S/C15H23N.C13H18N2.C12H13N.C8H19N.C4H10/c1-11(2)13-5-6-15-10-16(12(3)4)8-7-14(15)9-13;1-9(2)11-5-6-13-12(7-11)14-8-15(13)10(3)4;1-9(2)11-7-10-5-3-4-6-12(10)13-8-11;1-5-7-9(6-2)8(3)4;1-4(2)3/h5-6,9,11-12H,7-8,10H2,1-4H3;5-10H,1-4H3;3-9H,1-2H3;8H,5-7H2,1-4H3;4H,1-3H3. The molecule has 57 heavy (non-hydrogen) atoms. The van der Waals surface area contributed by atoms with Crippen molar-refractivity contribution in [2.24, 2.45) is 5.92 Å². The number of pyridine rings is 1. The largest absolute Gasteiger partial charge is 0.328 e. The molecular formula is C52H83N5. The van der Waals surface area contributed by atoms with Crippen molar-refractivity contribution < 1.29 is 0 Å². The fourth-order valence-corrected chi connectivity index (χ4v) is 6.69. The second-order valence-corrected chi connectivity index (χ2v) is 18.2. The summed E-state index contributed by atoms with van der Waals surface area (Å²) in [5, 5.41) is 1.23. The molecule has 2 aromatic heterocycles. The lowest BCUT2D eigenvalue weighted by Gasteiger charge is -2.32. The zero-order valence-electron chi connectivity index (χ0n) is 39.5. The minimum absolute atomic E-state index is 0.472. The van der Waals surface area contributed by atoms with Gasteiger partial charge in [-0.2, -0.15) is 0 Å². The van der Waals surface area contributed by atoms with Gasteiger partial charge in [-0.25, -0.2) is 4.98 Å². The van der Waals surface area contributed by atoms with Gasteiger partial charge in [-0.05, 0) is 143 Å². The van der Waals surface area contributed by atoms with Crippen LogP contribution in [0.3, 0.4) is 0 Å². The molecule has 0 aliphatic carbocycles. The number of imidazole rings is 1. The second-order valence-electron chi connectivity index (χ2n) is 18.2. The van der Waals surface area contributed by atoms with Crippen molar-refractivity contribution in [3.63, 3.8) is 0 Å². The molecule has 6 rings (SSSR count). The molecule has 0 unspecified atom stereocenters. The maximum absolute atomic E-state index is 4.45. The number of aromatic nitrogens is 3. The van der Waals surface area contributed by atoms with Crippen LogP contribution in [0.5, 0.6) is 0 Å². The van der Waals surface area contributed by atoms with Crippen molar-refractivity contribution in [3.05, 3.63) is 107 Å². The van der Waals surface area contributed by atoms with E-state index in [4.69, 9.17) is 0 Å². The Bertz CT molecular complexity index is 1840. The molecule has 0 bridgehead atoms. The number of nitrogens with zero attached hydrogens (tertiary/aromatic N) is 5. The van der Waals surface area contributed by atoms with E-state index in [1.807, 2.05) is 30.7 Å². The number of hydrogen-bond donors (Lipinski definition) is 0. The SMILES string of the molecule is CC(C)C.CC(C)c1ccc2c(c1)CCN(C(C)C)C2.CC(C)c1ccc2c(c1)ncn2C(C)C.CC(C)c1cnc2ccccc2c1.CCCN(CC)C(C)C. The Labute approximate surface area is 350 Å². The van der Waals surface area contributed by atoms with E-state index in [1.165, 1.54) is 65.6 Å². The zero-order valence-corrected chi connectivity index (χ0v) is 39.5. The van der Waals surface area contributed by atoms with Crippen LogP contribution < -0.4 is 0 Å². The molecule has 5 aromatic rings. The molecule has 3 heterocycles. The number of hydrogen-bond acceptors (Lipinski definition) is 4. The van der Waals surface area contributed by atoms with E-state index in [2.05, 4.69) is 191 Å². The molecule has 5 nitrogen and oxygen atoms in total. The quantitative estimate of drug-likeness (QED) is 0.149. The van der Waals surface area contributed by atoms with Crippen LogP contribution in [0.1, 0.15) is 176 Å². The van der Waals surface area contributed by atoms with Gasteiger partial charge < -0.3 is 9.47 Å². The molecule has 3 aromatic carbocycles. The van der Waals surface area contributed by atoms with Crippen LogP contribution in [-0.4, -0.2) is 56.1 Å². The first-order chi connectivity index (χ1) is 26.9. The van der Waals surface area contributed by atoms with Crippen LogP contribution in [0.25, 0.3) is 21.9 Å². The highest BCUT2D eigenvalue weighted by molar-refractivity contribution is 5.79. The second kappa shape index (κ2) is 25.1. The highest BCUT2D eigenvalue weighted by Gasteiger charge is 2.18. The third kappa shape index (κ3) is 16.7. The van der Waals surface area contributed by atoms with E-state index in [1.54, 1.807) is 5.56 Å². The van der Waals surface area contributed by atoms with Crippen LogP contribution in [0.15, 0.2) is 79.3 Å². The zero-order chi connectivity index (χ0) is 42.8. The van der Waals surface area contributed by atoms with Gasteiger partial charge in [0.1, 0.15) is 0 Å². The van der Waals surface area contributed by atoms with Crippen molar-refractivity contribution in [1.82, 2.24) is 24.3 Å². The van der Waals surface area contributed by atoms with E-state index in [9.17, 15) is 0 Å². The van der Waals surface area contributed by atoms with E-state index < -0.39 is 0 Å². The average Bonchev–Trinajstić information content (AvgIpc) is 3.60. The Kier molecular flexibility index (Phi) is 21.8. The number of fused-ring (bicyclic) bond motifs is 3. The van der Waals surface area contributed by atoms with Crippen LogP contribution in [0.2, 0.25) is 0 Å². The summed E-state index contributed by atoms with van der Waals surface area (Å²) >= 11 is 0. The van der Waals surface area contributed by atoms with Crippen molar-refractivity contribution >= 4 is 21.9 Å². The Morgan fingerprint density at radius 1 is 0.614 bits per heavy atom. The number of para-hydroxylation sites is 1. The van der Waals surface area contributed by atoms with Crippen LogP contribution >= 0.6 is 0 Å². The van der Waals surface area contributed by atoms with E-state index >= 15 is 0 Å². The summed E-state index contributed by atoms with van der Waals surface area (Å²) in [5.74, 6) is 2.60. The number of benzene rings is 3. The monoisotopic (exact) mass is 778 g/mol. The first kappa shape index (κ1) is 49.6. The van der Waals surface area contributed by atoms with Gasteiger partial charge in [0.15, 0.2) is 0 Å². The fraction of sp³-hybridized carbons (Fsp3) is 0.577. The Morgan fingerprint density at radius 2 is 1.21 bits per heavy atom. The summed E-state index contributed by atoms with van der Waals surface area (Å²) in [7, 11) is 0. The summed E-state index contributed by atoms with van der Waals surface area (Å²) in [6.45, 7) is 42.5. The summed E-state index contributed by atoms with van der Waals surface area (Å²) < 4.78 is 2.21. The summed E-state index contributed by atoms with van der Waals surface area (Å²) in [4.78, 5) is 13.9. The molecule has 0 amide bonds. The Balaban J connectivity index is 0.000000258. The molecule has 316 valence electrons. The predicted molar refractivity (Wildman–Crippen MR) is 253 cm³/mol. The van der Waals surface area contributed by atoms with Gasteiger partial charge in [0.25, 0.3) is 0 Å². The maximum atomic E-state index is 4.45. The summed E-state index contributed by atoms with van der Waals surface area (Å²) in [6, 6.07) is 25.9. The maximum Gasteiger partial charge on any atom is 0.0960 e. The van der Waals surface area contributed by atoms with E-state index in [0.29, 0.717) is 29.8 Å². The molecule has 1 aliphatic heterocycles. The lowest BCUT2D eigenvalue weighted by molar-refractivity contribution is 0.203. The Hall–Kier alpha value is -3.54. The predicted octanol–water partition coefficient (Wildman–Crippen LogP) is 14.5. The summed E-state index contributed by atoms with van der Waals surface area (Å²) in [6.07, 6.45) is 6.38. The Morgan fingerprint density at radius 3 is 1.74 bits per heavy atom. The molecular weight excluding hydrogens is 695 g/mol. The highest BCUT2D eigenvalue weighted by atomic mass is 15.1. The van der Waals surface area contributed by atoms with Gasteiger partial charge >= 0.3 is 0 Å². The van der Waals surface area contributed by atoms with Gasteiger partial charge in [-0.3, -0.25) is 9.88 Å². The van der Waals surface area contributed by atoms with Gasteiger partial charge in [0.2, 0.25) is 0 Å². The average molecular weight is 778 g/mol. The summed E-state index contributed by atoms with van der Waals surface area (Å²) in [5.41, 5.74) is 10.7. The van der Waals surface area contributed by atoms with Crippen LogP contribution in [0.4, 0.5) is 0 Å². The molecule has 0 saturated heterocycles. The van der Waals surface area contributed by atoms with Gasteiger partial charge in [0, 0.05) is 42.8 Å². The van der Waals surface area contributed by atoms with Crippen molar-refractivity contribution in [1.29, 1.82) is 0 Å². The molecule has 0 radical (unpaired) electrons. The fourth-order valence-electron chi connectivity index (χ4n) is 6.69. The van der Waals surface area contributed by atoms with Gasteiger partial charge in [0.05, 0.1) is 22.9 Å². The smallest absolute Gasteiger partial charge is 0.0960 e. The third-order valence-electron chi connectivity index (χ3n) is 10.4. The van der Waals surface area contributed by atoms with E-state index in [0.717, 1.165) is 29.5 Å². The van der Waals surface area contributed by atoms with Gasteiger partial charge in [-0.15, -0.1) is 0 Å². The molecule has 0 atom stereocenters. The molecule has 5 heteroatoms. The van der Waals surface area contributed by atoms with Crippen LogP contribution in [0, 0.1) is 5.92 Å². The molecule has 0 N–H and O–H groups in total. The molecule has 0 spiro atoms. The first-order valence-electron chi connectivity index (χ1n) is 22.3. The van der Waals surface area contributed by atoms with Crippen molar-refractivity contribution in [2.75, 3.05) is 19.6 Å². The third-order valence-corrected chi connectivity index (χ3v) is 10.4. The molecule has 0 fully saturated rings. The van der Waals surface area contributed by atoms with Gasteiger partial charge in [-0.1, -0.05) is 119 Å². The molecule has 0 saturated carbocycles. The minimum Gasteiger partial charge on any atom is -0.328 e. The topological polar surface area (TPSA) is 37.2 Å². The highest BCUT2D eigenvalue weighted by Crippen LogP contribution is 2.25. The number of rotatable bonds is 9. The first-order valence-corrected chi connectivity index (χ1v) is 22.3. The molecule has 1 aliphatic rings. The minimum atomic E-state index is 0.472. The van der Waals surface area contributed by atoms with Crippen molar-refractivity contribution in [3.8, 4) is 0 Å². The van der Waals surface area contributed by atoms with Crippen molar-refractivity contribution in [2.45, 2.75) is 173 Å². The normalized spacial score (nSPS) is 12.8. The van der Waals surface area contributed by atoms with Crippen LogP contribution in [-0.2, 0) is 13.0 Å². The van der Waals surface area contributed by atoms with E-state index in [-0.39, 0.29) is 0 Å². The lowest BCUT2D eigenvalue weighted by Crippen LogP contribution is -2.35. The lowest BCUT2D eigenvalue weighted by atomic mass is 9.93.